The number of nitrogens with zero attached hydrogens (tertiary/aromatic N) is 3. The van der Waals surface area contributed by atoms with Gasteiger partial charge in [-0.15, -0.1) is 0 Å². The lowest BCUT2D eigenvalue weighted by molar-refractivity contribution is 0.0713. The maximum Gasteiger partial charge on any atom is 0.310 e. The molecule has 1 saturated carbocycles. The predicted molar refractivity (Wildman–Crippen MR) is 131 cm³/mol. The zero-order valence-electron chi connectivity index (χ0n) is 20.1. The Labute approximate surface area is 214 Å². The Morgan fingerprint density at radius 1 is 1.03 bits per heavy atom. The number of nitrogens with one attached hydrogen (secondary N) is 1. The monoisotopic (exact) mass is 563 g/mol. The highest BCUT2D eigenvalue weighted by molar-refractivity contribution is 8.45. The Balaban J connectivity index is 1.33. The van der Waals surface area contributed by atoms with E-state index < -0.39 is 32.5 Å². The van der Waals surface area contributed by atoms with Gasteiger partial charge in [-0.2, -0.15) is 0 Å². The van der Waals surface area contributed by atoms with Gasteiger partial charge < -0.3 is 20.7 Å². The lowest BCUT2D eigenvalue weighted by atomic mass is 9.87. The number of rotatable bonds is 4. The van der Waals surface area contributed by atoms with E-state index in [1.165, 1.54) is 4.90 Å². The van der Waals surface area contributed by atoms with Gasteiger partial charge in [0.1, 0.15) is 16.5 Å². The molecule has 1 amide bonds. The molecule has 0 atom stereocenters. The highest BCUT2D eigenvalue weighted by Crippen LogP contribution is 3.02. The van der Waals surface area contributed by atoms with E-state index in [0.717, 1.165) is 19.0 Å². The fraction of sp³-hybridized carbons (Fsp3) is 0.458. The molecule has 14 heteroatoms. The summed E-state index contributed by atoms with van der Waals surface area (Å²) < 4.78 is 80.4. The quantitative estimate of drug-likeness (QED) is 0.252. The molecule has 2 aliphatic rings. The molecule has 0 radical (unpaired) electrons. The number of halogens is 6. The van der Waals surface area contributed by atoms with Crippen LogP contribution in [0.25, 0.3) is 11.2 Å². The Hall–Kier alpha value is -3.00. The molecule has 3 heterocycles. The molecule has 1 saturated heterocycles. The number of likely N-dealkylation sites (tertiary alicyclic amines) is 1. The van der Waals surface area contributed by atoms with Crippen molar-refractivity contribution in [3.05, 3.63) is 47.2 Å². The summed E-state index contributed by atoms with van der Waals surface area (Å²) in [6.45, 7) is 0.327. The molecule has 7 nitrogen and oxygen atoms in total. The Kier molecular flexibility index (Phi) is 5.95. The van der Waals surface area contributed by atoms with Crippen LogP contribution < -0.4 is 5.73 Å². The van der Waals surface area contributed by atoms with Gasteiger partial charge in [-0.25, -0.2) is 14.4 Å². The molecule has 1 aliphatic carbocycles. The van der Waals surface area contributed by atoms with Gasteiger partial charge in [0.25, 0.3) is 5.91 Å². The smallest absolute Gasteiger partial charge is 0.310 e. The minimum Gasteiger partial charge on any atom is -0.398 e. The molecule has 208 valence electrons. The number of aromatic amines is 1. The van der Waals surface area contributed by atoms with E-state index in [1.807, 2.05) is 0 Å². The van der Waals surface area contributed by atoms with Gasteiger partial charge in [0.15, 0.2) is 5.65 Å². The molecular weight excluding hydrogens is 536 g/mol. The minimum atomic E-state index is -9.93. The number of piperidine rings is 1. The minimum absolute atomic E-state index is 0.0907. The van der Waals surface area contributed by atoms with Gasteiger partial charge in [0.05, 0.1) is 23.4 Å². The second-order valence-electron chi connectivity index (χ2n) is 10.1. The van der Waals surface area contributed by atoms with Crippen molar-refractivity contribution >= 4 is 33.0 Å². The number of carbonyl (C=O) groups is 1. The van der Waals surface area contributed by atoms with Crippen LogP contribution in [0.15, 0.2) is 29.3 Å². The van der Waals surface area contributed by atoms with Gasteiger partial charge in [0, 0.05) is 30.3 Å². The molecule has 5 rings (SSSR count). The van der Waals surface area contributed by atoms with Crippen molar-refractivity contribution in [1.29, 1.82) is 0 Å². The first kappa shape index (κ1) is 26.6. The summed E-state index contributed by atoms with van der Waals surface area (Å²) in [5.74, 6) is -0.659. The zero-order valence-corrected chi connectivity index (χ0v) is 21.0. The molecule has 38 heavy (non-hydrogen) atoms. The van der Waals surface area contributed by atoms with Crippen molar-refractivity contribution in [1.82, 2.24) is 19.9 Å². The first-order valence-electron chi connectivity index (χ1n) is 12.3. The molecule has 0 spiro atoms. The van der Waals surface area contributed by atoms with Gasteiger partial charge in [-0.1, -0.05) is 19.4 Å². The van der Waals surface area contributed by atoms with Crippen LogP contribution >= 0.6 is 10.2 Å². The summed E-state index contributed by atoms with van der Waals surface area (Å²) in [4.78, 5) is 24.1. The third-order valence-electron chi connectivity index (χ3n) is 7.50. The lowest BCUT2D eigenvalue weighted by Crippen LogP contribution is -2.38. The predicted octanol–water partition coefficient (Wildman–Crippen LogP) is 6.37. The number of nitrogen functional groups attached to an aromatic ring is 1. The fourth-order valence-corrected chi connectivity index (χ4v) is 6.10. The summed E-state index contributed by atoms with van der Waals surface area (Å²) in [6, 6.07) is 0.927. The molecular formula is C24H27F6N5O2S. The molecule has 2 fully saturated rings. The van der Waals surface area contributed by atoms with E-state index in [0.29, 0.717) is 54.3 Å². The van der Waals surface area contributed by atoms with Crippen molar-refractivity contribution in [2.45, 2.75) is 61.4 Å². The van der Waals surface area contributed by atoms with Gasteiger partial charge in [0.2, 0.25) is 0 Å². The van der Waals surface area contributed by atoms with Gasteiger partial charge in [-0.05, 0) is 62.6 Å². The molecule has 0 bridgehead atoms. The highest BCUT2D eigenvalue weighted by Gasteiger charge is 2.65. The summed E-state index contributed by atoms with van der Waals surface area (Å²) >= 11 is 0. The Bertz CT molecular complexity index is 1400. The number of benzene rings is 1. The average Bonchev–Trinajstić information content (AvgIpc) is 3.27. The SMILES string of the molecule is Nc1cc(S(F)(F)(F)(F)F)ccc1C(=O)N1CCC(c2c(F)cnc3nc(C4CCC(O)CC4)[nH]c23)CC1. The Morgan fingerprint density at radius 2 is 1.68 bits per heavy atom. The number of aromatic nitrogens is 3. The van der Waals surface area contributed by atoms with Crippen LogP contribution in [0.4, 0.5) is 29.5 Å². The molecule has 1 aromatic carbocycles. The van der Waals surface area contributed by atoms with E-state index >= 15 is 0 Å². The first-order chi connectivity index (χ1) is 17.6. The van der Waals surface area contributed by atoms with Crippen molar-refractivity contribution in [3.8, 4) is 0 Å². The lowest BCUT2D eigenvalue weighted by Gasteiger charge is -2.40. The Morgan fingerprint density at radius 3 is 2.29 bits per heavy atom. The summed E-state index contributed by atoms with van der Waals surface area (Å²) in [6.07, 6.45) is 4.34. The van der Waals surface area contributed by atoms with E-state index in [9.17, 15) is 33.7 Å². The first-order valence-corrected chi connectivity index (χ1v) is 14.2. The van der Waals surface area contributed by atoms with Crippen molar-refractivity contribution in [3.63, 3.8) is 0 Å². The van der Waals surface area contributed by atoms with Crippen LogP contribution in [-0.4, -0.2) is 50.1 Å². The molecule has 2 aromatic heterocycles. The molecule has 1 aliphatic heterocycles. The second-order valence-corrected chi connectivity index (χ2v) is 12.5. The van der Waals surface area contributed by atoms with Crippen molar-refractivity contribution in [2.75, 3.05) is 18.8 Å². The number of aliphatic hydroxyl groups excluding tert-OH is 1. The maximum atomic E-state index is 15.0. The van der Waals surface area contributed by atoms with E-state index in [4.69, 9.17) is 5.73 Å². The molecule has 4 N–H and O–H groups in total. The number of pyridine rings is 1. The number of aliphatic hydroxyl groups is 1. The number of H-pyrrole nitrogens is 1. The van der Waals surface area contributed by atoms with Crippen LogP contribution in [0.5, 0.6) is 0 Å². The number of carbonyl (C=O) groups excluding carboxylic acids is 1. The van der Waals surface area contributed by atoms with Crippen LogP contribution in [0.3, 0.4) is 0 Å². The number of hydrogen-bond donors (Lipinski definition) is 3. The summed E-state index contributed by atoms with van der Waals surface area (Å²) in [5, 5.41) is 9.78. The zero-order chi connectivity index (χ0) is 27.5. The molecule has 0 unspecified atom stereocenters. The third-order valence-corrected chi connectivity index (χ3v) is 8.65. The van der Waals surface area contributed by atoms with Crippen LogP contribution in [0.2, 0.25) is 0 Å². The third kappa shape index (κ3) is 5.15. The van der Waals surface area contributed by atoms with Gasteiger partial charge >= 0.3 is 10.2 Å². The largest absolute Gasteiger partial charge is 0.398 e. The van der Waals surface area contributed by atoms with E-state index in [2.05, 4.69) is 15.0 Å². The highest BCUT2D eigenvalue weighted by atomic mass is 32.5. The topological polar surface area (TPSA) is 108 Å². The second kappa shape index (κ2) is 8.50. The number of amides is 1. The van der Waals surface area contributed by atoms with E-state index in [-0.39, 0.29) is 48.7 Å². The van der Waals surface area contributed by atoms with E-state index in [1.54, 1.807) is 0 Å². The van der Waals surface area contributed by atoms with Gasteiger partial charge in [-0.3, -0.25) is 4.79 Å². The van der Waals surface area contributed by atoms with Crippen molar-refractivity contribution < 1.29 is 33.7 Å². The standard InChI is InChI=1S/C24H27F6N5O2S/c25-18-12-32-23-21(33-22(34-23)14-1-3-15(36)4-2-14)20(18)13-7-9-35(10-8-13)24(37)17-6-5-16(11-19(17)31)38(26,27,28,29)30/h5-6,11-15,36H,1-4,7-10,31H2,(H,32,33,34). The number of hydrogen-bond acceptors (Lipinski definition) is 5. The average molecular weight is 564 g/mol. The number of fused-ring (bicyclic) bond motifs is 1. The fourth-order valence-electron chi connectivity index (χ4n) is 5.43. The van der Waals surface area contributed by atoms with Crippen LogP contribution in [-0.2, 0) is 0 Å². The summed E-state index contributed by atoms with van der Waals surface area (Å²) in [7, 11) is -9.93. The van der Waals surface area contributed by atoms with Crippen LogP contribution in [0.1, 0.15) is 72.1 Å². The summed E-state index contributed by atoms with van der Waals surface area (Å²) in [5.41, 5.74) is 5.87. The number of imidazole rings is 1. The normalized spacial score (nSPS) is 23.3. The number of anilines is 1. The molecule has 3 aromatic rings. The van der Waals surface area contributed by atoms with Crippen LogP contribution in [0, 0.1) is 5.82 Å². The maximum absolute atomic E-state index is 15.0. The number of nitrogens with two attached hydrogens (primary N) is 1. The van der Waals surface area contributed by atoms with Crippen molar-refractivity contribution in [2.24, 2.45) is 0 Å².